The molecule has 0 saturated carbocycles. The molecule has 0 saturated heterocycles. The molecule has 0 heterocycles. The molecule has 0 rings (SSSR count). The van der Waals surface area contributed by atoms with Crippen molar-refractivity contribution in [3.63, 3.8) is 0 Å². The highest BCUT2D eigenvalue weighted by Crippen LogP contribution is 2.18. The van der Waals surface area contributed by atoms with Crippen molar-refractivity contribution in [1.82, 2.24) is 5.32 Å². The second-order valence-electron chi connectivity index (χ2n) is 5.88. The molecular formula is C13H29NO3S. The van der Waals surface area contributed by atoms with Crippen molar-refractivity contribution in [1.29, 1.82) is 0 Å². The molecule has 0 fully saturated rings. The quantitative estimate of drug-likeness (QED) is 0.655. The van der Waals surface area contributed by atoms with Gasteiger partial charge in [-0.2, -0.15) is 0 Å². The van der Waals surface area contributed by atoms with E-state index in [2.05, 4.69) is 12.2 Å². The second kappa shape index (κ2) is 8.12. The van der Waals surface area contributed by atoms with Gasteiger partial charge in [0.15, 0.2) is 9.84 Å². The molecule has 110 valence electrons. The van der Waals surface area contributed by atoms with E-state index >= 15 is 0 Å². The van der Waals surface area contributed by atoms with Gasteiger partial charge in [-0.15, -0.1) is 0 Å². The number of methoxy groups -OCH3 is 1. The van der Waals surface area contributed by atoms with Crippen LogP contribution in [0.25, 0.3) is 0 Å². The lowest BCUT2D eigenvalue weighted by molar-refractivity contribution is 0.198. The van der Waals surface area contributed by atoms with Crippen LogP contribution >= 0.6 is 0 Å². The van der Waals surface area contributed by atoms with Crippen LogP contribution in [0.15, 0.2) is 0 Å². The van der Waals surface area contributed by atoms with Gasteiger partial charge in [-0.3, -0.25) is 0 Å². The molecule has 0 spiro atoms. The fourth-order valence-electron chi connectivity index (χ4n) is 1.55. The van der Waals surface area contributed by atoms with Crippen LogP contribution in [0.4, 0.5) is 0 Å². The predicted molar refractivity (Wildman–Crippen MR) is 76.7 cm³/mol. The summed E-state index contributed by atoms with van der Waals surface area (Å²) in [6, 6.07) is 0. The van der Waals surface area contributed by atoms with E-state index in [1.54, 1.807) is 27.9 Å². The molecule has 0 radical (unpaired) electrons. The molecule has 0 aliphatic rings. The van der Waals surface area contributed by atoms with Crippen molar-refractivity contribution in [2.75, 3.05) is 32.6 Å². The third-order valence-electron chi connectivity index (χ3n) is 3.02. The molecule has 1 N–H and O–H groups in total. The van der Waals surface area contributed by atoms with E-state index in [9.17, 15) is 8.42 Å². The first-order valence-corrected chi connectivity index (χ1v) is 8.28. The van der Waals surface area contributed by atoms with Crippen LogP contribution in [0.5, 0.6) is 0 Å². The Morgan fingerprint density at radius 2 is 1.89 bits per heavy atom. The van der Waals surface area contributed by atoms with Gasteiger partial charge in [0.05, 0.1) is 17.1 Å². The molecular weight excluding hydrogens is 250 g/mol. The van der Waals surface area contributed by atoms with E-state index in [1.807, 2.05) is 0 Å². The lowest BCUT2D eigenvalue weighted by Gasteiger charge is -2.19. The fourth-order valence-corrected chi connectivity index (χ4v) is 2.71. The van der Waals surface area contributed by atoms with Crippen LogP contribution in [-0.4, -0.2) is 45.7 Å². The van der Waals surface area contributed by atoms with Crippen LogP contribution in [0, 0.1) is 5.92 Å². The second-order valence-corrected chi connectivity index (χ2v) is 8.74. The third kappa shape index (κ3) is 7.34. The number of hydrogen-bond acceptors (Lipinski definition) is 4. The monoisotopic (exact) mass is 279 g/mol. The highest BCUT2D eigenvalue weighted by molar-refractivity contribution is 7.92. The normalized spacial score (nSPS) is 14.7. The van der Waals surface area contributed by atoms with E-state index in [0.29, 0.717) is 18.3 Å². The highest BCUT2D eigenvalue weighted by atomic mass is 32.2. The van der Waals surface area contributed by atoms with E-state index in [0.717, 1.165) is 25.9 Å². The molecule has 0 aliphatic heterocycles. The molecule has 0 aromatic heterocycles. The van der Waals surface area contributed by atoms with Crippen molar-refractivity contribution in [3.05, 3.63) is 0 Å². The lowest BCUT2D eigenvalue weighted by atomic mass is 10.1. The Bertz CT molecular complexity index is 307. The van der Waals surface area contributed by atoms with Crippen molar-refractivity contribution >= 4 is 9.84 Å². The maximum Gasteiger partial charge on any atom is 0.155 e. The van der Waals surface area contributed by atoms with Crippen LogP contribution in [0.2, 0.25) is 0 Å². The Labute approximate surface area is 112 Å². The summed E-state index contributed by atoms with van der Waals surface area (Å²) >= 11 is 0. The summed E-state index contributed by atoms with van der Waals surface area (Å²) in [4.78, 5) is 0. The summed E-state index contributed by atoms with van der Waals surface area (Å²) < 4.78 is 28.1. The summed E-state index contributed by atoms with van der Waals surface area (Å²) in [6.07, 6.45) is 1.68. The minimum absolute atomic E-state index is 0.291. The van der Waals surface area contributed by atoms with Gasteiger partial charge in [-0.1, -0.05) is 6.92 Å². The van der Waals surface area contributed by atoms with Gasteiger partial charge in [0.25, 0.3) is 0 Å². The minimum Gasteiger partial charge on any atom is -0.383 e. The van der Waals surface area contributed by atoms with E-state index in [1.165, 1.54) is 0 Å². The highest BCUT2D eigenvalue weighted by Gasteiger charge is 2.28. The van der Waals surface area contributed by atoms with Gasteiger partial charge in [0.2, 0.25) is 0 Å². The molecule has 0 amide bonds. The molecule has 0 aromatic carbocycles. The van der Waals surface area contributed by atoms with Crippen molar-refractivity contribution in [2.45, 2.75) is 45.3 Å². The Morgan fingerprint density at radius 1 is 1.28 bits per heavy atom. The van der Waals surface area contributed by atoms with Gasteiger partial charge < -0.3 is 10.1 Å². The molecule has 0 aromatic rings. The molecule has 18 heavy (non-hydrogen) atoms. The average Bonchev–Trinajstić information content (AvgIpc) is 2.22. The Morgan fingerprint density at radius 3 is 2.39 bits per heavy atom. The zero-order chi connectivity index (χ0) is 14.2. The number of nitrogens with one attached hydrogen (secondary N) is 1. The molecule has 5 heteroatoms. The van der Waals surface area contributed by atoms with Crippen LogP contribution in [0.3, 0.4) is 0 Å². The largest absolute Gasteiger partial charge is 0.383 e. The Balaban J connectivity index is 3.78. The summed E-state index contributed by atoms with van der Waals surface area (Å²) in [5.41, 5.74) is 0. The maximum absolute atomic E-state index is 11.9. The third-order valence-corrected chi connectivity index (χ3v) is 5.71. The maximum atomic E-state index is 11.9. The Kier molecular flexibility index (Phi) is 8.06. The van der Waals surface area contributed by atoms with Gasteiger partial charge in [0.1, 0.15) is 0 Å². The molecule has 4 nitrogen and oxygen atoms in total. The summed E-state index contributed by atoms with van der Waals surface area (Å²) in [5.74, 6) is 0.788. The predicted octanol–water partition coefficient (Wildman–Crippen LogP) is 1.85. The van der Waals surface area contributed by atoms with E-state index < -0.39 is 14.6 Å². The van der Waals surface area contributed by atoms with Crippen molar-refractivity contribution in [3.8, 4) is 0 Å². The first kappa shape index (κ1) is 17.9. The summed E-state index contributed by atoms with van der Waals surface area (Å²) in [7, 11) is -1.28. The van der Waals surface area contributed by atoms with Crippen molar-refractivity contribution in [2.24, 2.45) is 5.92 Å². The summed E-state index contributed by atoms with van der Waals surface area (Å²) in [5, 5.41) is 3.29. The van der Waals surface area contributed by atoms with Crippen LogP contribution in [0.1, 0.15) is 40.5 Å². The van der Waals surface area contributed by atoms with Crippen LogP contribution in [-0.2, 0) is 14.6 Å². The first-order chi connectivity index (χ1) is 8.20. The minimum atomic E-state index is -2.96. The fraction of sp³-hybridized carbons (Fsp3) is 1.00. The number of hydrogen-bond donors (Lipinski definition) is 1. The zero-order valence-corrected chi connectivity index (χ0v) is 13.3. The molecule has 1 unspecified atom stereocenters. The first-order valence-electron chi connectivity index (χ1n) is 6.62. The zero-order valence-electron chi connectivity index (χ0n) is 12.5. The molecule has 1 atom stereocenters. The lowest BCUT2D eigenvalue weighted by Crippen LogP contribution is -2.31. The standard InChI is InChI=1S/C13H29NO3S/c1-12(11-14-8-9-17-5)7-6-10-18(15,16)13(2,3)4/h12,14H,6-11H2,1-5H3. The summed E-state index contributed by atoms with van der Waals surface area (Å²) in [6.45, 7) is 9.91. The molecule has 0 aliphatic carbocycles. The van der Waals surface area contributed by atoms with E-state index in [-0.39, 0.29) is 0 Å². The topological polar surface area (TPSA) is 55.4 Å². The average molecular weight is 279 g/mol. The van der Waals surface area contributed by atoms with Crippen molar-refractivity contribution < 1.29 is 13.2 Å². The number of rotatable bonds is 9. The Hall–Kier alpha value is -0.130. The van der Waals surface area contributed by atoms with Gasteiger partial charge in [0, 0.05) is 13.7 Å². The van der Waals surface area contributed by atoms with Gasteiger partial charge >= 0.3 is 0 Å². The van der Waals surface area contributed by atoms with Crippen LogP contribution < -0.4 is 5.32 Å². The smallest absolute Gasteiger partial charge is 0.155 e. The molecule has 0 bridgehead atoms. The van der Waals surface area contributed by atoms with Gasteiger partial charge in [-0.25, -0.2) is 8.42 Å². The number of ether oxygens (including phenoxy) is 1. The van der Waals surface area contributed by atoms with Gasteiger partial charge in [-0.05, 0) is 46.1 Å². The number of sulfone groups is 1. The SMILES string of the molecule is COCCNCC(C)CCCS(=O)(=O)C(C)(C)C. The van der Waals surface area contributed by atoms with E-state index in [4.69, 9.17) is 4.74 Å².